The van der Waals surface area contributed by atoms with Gasteiger partial charge in [0.25, 0.3) is 0 Å². The first-order valence-corrected chi connectivity index (χ1v) is 12.6. The number of Topliss-reactive ketones (excluding diaryl/α,β-unsaturated/α-hetero) is 1. The maximum Gasteiger partial charge on any atom is 0.315 e. The minimum absolute atomic E-state index is 0.0139. The normalized spacial score (nSPS) is 21.8. The molecule has 6 nitrogen and oxygen atoms in total. The topological polar surface area (TPSA) is 74.2 Å². The number of methoxy groups -OCH3 is 1. The molecule has 0 aromatic heterocycles. The Balaban J connectivity index is 1.81. The van der Waals surface area contributed by atoms with Crippen LogP contribution in [0.15, 0.2) is 64.8 Å². The summed E-state index contributed by atoms with van der Waals surface area (Å²) in [7, 11) is 1.64. The van der Waals surface area contributed by atoms with E-state index in [1.165, 1.54) is 0 Å². The number of hydrogen-bond donors (Lipinski definition) is 0. The fourth-order valence-corrected chi connectivity index (χ4v) is 5.22. The zero-order valence-electron chi connectivity index (χ0n) is 21.9. The molecule has 0 amide bonds. The molecule has 0 saturated carbocycles. The molecular formula is C30H35NO5. The molecule has 0 fully saturated rings. The molecule has 6 heteroatoms. The standard InChI is InChI=1S/C30H35NO5/c1-17(2)35-26-10-8-7-9-23(26)28-27(30(33)36-18(3)4)19(5)31-24-15-21(16-25(32)29(24)28)20-11-13-22(34-6)14-12-20/h7-14,17-18,21,27-28H,15-16H2,1-6H3/t21-,27?,28+/m1/s1. The van der Waals surface area contributed by atoms with Gasteiger partial charge in [-0.3, -0.25) is 14.6 Å². The Hall–Kier alpha value is -3.41. The van der Waals surface area contributed by atoms with E-state index in [0.717, 1.165) is 22.6 Å². The third-order valence-electron chi connectivity index (χ3n) is 6.70. The summed E-state index contributed by atoms with van der Waals surface area (Å²) < 4.78 is 17.1. The Labute approximate surface area is 213 Å². The van der Waals surface area contributed by atoms with E-state index in [9.17, 15) is 9.59 Å². The number of allylic oxidation sites excluding steroid dienone is 2. The second kappa shape index (κ2) is 10.7. The maximum atomic E-state index is 13.8. The lowest BCUT2D eigenvalue weighted by atomic mass is 9.69. The van der Waals surface area contributed by atoms with E-state index in [0.29, 0.717) is 29.9 Å². The predicted octanol–water partition coefficient (Wildman–Crippen LogP) is 6.01. The van der Waals surface area contributed by atoms with E-state index >= 15 is 0 Å². The molecule has 0 radical (unpaired) electrons. The molecule has 36 heavy (non-hydrogen) atoms. The lowest BCUT2D eigenvalue weighted by molar-refractivity contribution is -0.150. The molecule has 2 aromatic carbocycles. The Morgan fingerprint density at radius 3 is 2.31 bits per heavy atom. The summed E-state index contributed by atoms with van der Waals surface area (Å²) in [5.41, 5.74) is 3.91. The molecule has 4 rings (SSSR count). The second-order valence-electron chi connectivity index (χ2n) is 10.1. The summed E-state index contributed by atoms with van der Waals surface area (Å²) in [6.07, 6.45) is 0.654. The second-order valence-corrected chi connectivity index (χ2v) is 10.1. The van der Waals surface area contributed by atoms with Gasteiger partial charge in [0.05, 0.1) is 19.3 Å². The number of esters is 1. The van der Waals surface area contributed by atoms with E-state index in [1.807, 2.05) is 83.1 Å². The summed E-state index contributed by atoms with van der Waals surface area (Å²) in [5, 5.41) is 0. The van der Waals surface area contributed by atoms with Crippen molar-refractivity contribution < 1.29 is 23.8 Å². The quantitative estimate of drug-likeness (QED) is 0.445. The fraction of sp³-hybridized carbons (Fsp3) is 0.433. The minimum Gasteiger partial charge on any atom is -0.497 e. The Morgan fingerprint density at radius 2 is 1.67 bits per heavy atom. The van der Waals surface area contributed by atoms with Crippen molar-refractivity contribution >= 4 is 17.5 Å². The fourth-order valence-electron chi connectivity index (χ4n) is 5.22. The van der Waals surface area contributed by atoms with Gasteiger partial charge in [-0.05, 0) is 70.7 Å². The summed E-state index contributed by atoms with van der Waals surface area (Å²) in [6, 6.07) is 15.5. The largest absolute Gasteiger partial charge is 0.497 e. The summed E-state index contributed by atoms with van der Waals surface area (Å²) in [6.45, 7) is 9.44. The van der Waals surface area contributed by atoms with Gasteiger partial charge in [0, 0.05) is 34.9 Å². The number of benzene rings is 2. The lowest BCUT2D eigenvalue weighted by Crippen LogP contribution is -2.39. The average Bonchev–Trinajstić information content (AvgIpc) is 2.82. The van der Waals surface area contributed by atoms with Gasteiger partial charge in [-0.25, -0.2) is 0 Å². The van der Waals surface area contributed by atoms with Crippen molar-refractivity contribution in [3.63, 3.8) is 0 Å². The van der Waals surface area contributed by atoms with Crippen molar-refractivity contribution in [2.24, 2.45) is 10.9 Å². The van der Waals surface area contributed by atoms with Crippen LogP contribution in [-0.2, 0) is 14.3 Å². The highest BCUT2D eigenvalue weighted by Crippen LogP contribution is 2.48. The highest BCUT2D eigenvalue weighted by molar-refractivity contribution is 6.09. The third-order valence-corrected chi connectivity index (χ3v) is 6.70. The molecule has 1 aliphatic heterocycles. The molecule has 0 N–H and O–H groups in total. The first kappa shape index (κ1) is 25.7. The molecule has 190 valence electrons. The molecule has 0 bridgehead atoms. The number of carbonyl (C=O) groups is 2. The van der Waals surface area contributed by atoms with Crippen LogP contribution in [0.5, 0.6) is 11.5 Å². The van der Waals surface area contributed by atoms with Crippen LogP contribution in [0.2, 0.25) is 0 Å². The van der Waals surface area contributed by atoms with Gasteiger partial charge in [0.1, 0.15) is 17.4 Å². The van der Waals surface area contributed by atoms with Crippen LogP contribution in [-0.4, -0.2) is 36.8 Å². The molecular weight excluding hydrogens is 454 g/mol. The first-order valence-electron chi connectivity index (χ1n) is 12.6. The molecule has 0 saturated heterocycles. The van der Waals surface area contributed by atoms with Crippen molar-refractivity contribution in [3.8, 4) is 11.5 Å². The minimum atomic E-state index is -0.690. The molecule has 2 aliphatic rings. The van der Waals surface area contributed by atoms with Crippen LogP contribution in [0.25, 0.3) is 0 Å². The van der Waals surface area contributed by atoms with E-state index in [1.54, 1.807) is 7.11 Å². The molecule has 1 unspecified atom stereocenters. The van der Waals surface area contributed by atoms with Crippen molar-refractivity contribution in [1.29, 1.82) is 0 Å². The number of carbonyl (C=O) groups excluding carboxylic acids is 2. The first-order chi connectivity index (χ1) is 17.2. The van der Waals surface area contributed by atoms with Crippen molar-refractivity contribution in [1.82, 2.24) is 0 Å². The number of ether oxygens (including phenoxy) is 3. The van der Waals surface area contributed by atoms with E-state index in [-0.39, 0.29) is 29.9 Å². The van der Waals surface area contributed by atoms with Crippen molar-refractivity contribution in [2.45, 2.75) is 71.5 Å². The van der Waals surface area contributed by atoms with Crippen LogP contribution in [0.3, 0.4) is 0 Å². The van der Waals surface area contributed by atoms with Gasteiger partial charge in [-0.15, -0.1) is 0 Å². The highest BCUT2D eigenvalue weighted by atomic mass is 16.5. The maximum absolute atomic E-state index is 13.8. The number of hydrogen-bond acceptors (Lipinski definition) is 6. The highest BCUT2D eigenvalue weighted by Gasteiger charge is 2.46. The molecule has 1 heterocycles. The third kappa shape index (κ3) is 5.23. The smallest absolute Gasteiger partial charge is 0.315 e. The zero-order valence-corrected chi connectivity index (χ0v) is 21.9. The number of rotatable bonds is 7. The van der Waals surface area contributed by atoms with Gasteiger partial charge in [0.15, 0.2) is 5.78 Å². The van der Waals surface area contributed by atoms with E-state index in [2.05, 4.69) is 0 Å². The number of aliphatic imine (C=N–C) groups is 1. The van der Waals surface area contributed by atoms with Gasteiger partial charge < -0.3 is 14.2 Å². The summed E-state index contributed by atoms with van der Waals surface area (Å²) in [5.74, 6) is -0.0902. The molecule has 3 atom stereocenters. The summed E-state index contributed by atoms with van der Waals surface area (Å²) >= 11 is 0. The van der Waals surface area contributed by atoms with E-state index in [4.69, 9.17) is 19.2 Å². The Bertz CT molecular complexity index is 1190. The van der Waals surface area contributed by atoms with Gasteiger partial charge in [0.2, 0.25) is 0 Å². The molecule has 1 aliphatic carbocycles. The van der Waals surface area contributed by atoms with Crippen LogP contribution >= 0.6 is 0 Å². The number of nitrogens with zero attached hydrogens (tertiary/aromatic N) is 1. The van der Waals surface area contributed by atoms with Crippen molar-refractivity contribution in [2.75, 3.05) is 7.11 Å². The van der Waals surface area contributed by atoms with Gasteiger partial charge in [-0.1, -0.05) is 30.3 Å². The monoisotopic (exact) mass is 489 g/mol. The predicted molar refractivity (Wildman–Crippen MR) is 140 cm³/mol. The lowest BCUT2D eigenvalue weighted by Gasteiger charge is -2.37. The Kier molecular flexibility index (Phi) is 7.62. The van der Waals surface area contributed by atoms with E-state index < -0.39 is 11.8 Å². The zero-order chi connectivity index (χ0) is 26.0. The van der Waals surface area contributed by atoms with Crippen LogP contribution in [0, 0.1) is 5.92 Å². The van der Waals surface area contributed by atoms with Crippen LogP contribution < -0.4 is 9.47 Å². The van der Waals surface area contributed by atoms with Crippen LogP contribution in [0.4, 0.5) is 0 Å². The van der Waals surface area contributed by atoms with Crippen molar-refractivity contribution in [3.05, 3.63) is 70.9 Å². The summed E-state index contributed by atoms with van der Waals surface area (Å²) in [4.78, 5) is 32.0. The Morgan fingerprint density at radius 1 is 0.972 bits per heavy atom. The van der Waals surface area contributed by atoms with Gasteiger partial charge >= 0.3 is 5.97 Å². The molecule has 2 aromatic rings. The average molecular weight is 490 g/mol. The van der Waals surface area contributed by atoms with Gasteiger partial charge in [-0.2, -0.15) is 0 Å². The molecule has 0 spiro atoms. The SMILES string of the molecule is COc1ccc([C@H]2CC(=O)C3=C(C2)N=C(C)C(C(=O)OC(C)C)[C@@H]3c2ccccc2OC(C)C)cc1. The number of ketones is 1. The van der Waals surface area contributed by atoms with Crippen LogP contribution in [0.1, 0.15) is 70.4 Å². The number of para-hydroxylation sites is 1.